The Morgan fingerprint density at radius 1 is 1.09 bits per heavy atom. The van der Waals surface area contributed by atoms with Gasteiger partial charge in [-0.15, -0.1) is 0 Å². The van der Waals surface area contributed by atoms with E-state index in [1.807, 2.05) is 38.1 Å². The molecule has 2 aliphatic rings. The van der Waals surface area contributed by atoms with Crippen LogP contribution in [-0.4, -0.2) is 47.7 Å². The lowest BCUT2D eigenvalue weighted by Crippen LogP contribution is -2.50. The third-order valence-electron chi connectivity index (χ3n) is 6.96. The van der Waals surface area contributed by atoms with Crippen molar-refractivity contribution < 1.29 is 4.39 Å². The maximum absolute atomic E-state index is 14.5. The van der Waals surface area contributed by atoms with Gasteiger partial charge < -0.3 is 15.4 Å². The minimum absolute atomic E-state index is 0.185. The second kappa shape index (κ2) is 9.03. The largest absolute Gasteiger partial charge is 0.620 e. The summed E-state index contributed by atoms with van der Waals surface area (Å²) in [7, 11) is 2.12. The summed E-state index contributed by atoms with van der Waals surface area (Å²) in [4.78, 5) is 12.0. The molecule has 1 unspecified atom stereocenters. The zero-order valence-corrected chi connectivity index (χ0v) is 19.9. The Balaban J connectivity index is 1.67. The molecular formula is C26H31FN6O. The summed E-state index contributed by atoms with van der Waals surface area (Å²) in [5.41, 5.74) is 4.59. The molecule has 1 aromatic heterocycles. The number of benzene rings is 2. The molecule has 2 aliphatic heterocycles. The van der Waals surface area contributed by atoms with Crippen LogP contribution in [0.4, 0.5) is 21.8 Å². The van der Waals surface area contributed by atoms with E-state index >= 15 is 0 Å². The molecule has 1 atom stereocenters. The number of anilines is 1. The molecule has 178 valence electrons. The smallest absolute Gasteiger partial charge is 0.243 e. The highest BCUT2D eigenvalue weighted by Crippen LogP contribution is 2.42. The number of fused-ring (bicyclic) bond motifs is 1. The van der Waals surface area contributed by atoms with Gasteiger partial charge in [-0.1, -0.05) is 18.2 Å². The van der Waals surface area contributed by atoms with Crippen LogP contribution in [0.5, 0.6) is 0 Å². The molecule has 2 aromatic carbocycles. The molecule has 7 nitrogen and oxygen atoms in total. The van der Waals surface area contributed by atoms with Gasteiger partial charge in [0.1, 0.15) is 18.2 Å². The van der Waals surface area contributed by atoms with E-state index in [0.29, 0.717) is 29.7 Å². The summed E-state index contributed by atoms with van der Waals surface area (Å²) in [6, 6.07) is 12.6. The fraction of sp³-hybridized carbons (Fsp3) is 0.385. The highest BCUT2D eigenvalue weighted by atomic mass is 19.1. The molecule has 34 heavy (non-hydrogen) atoms. The lowest BCUT2D eigenvalue weighted by Gasteiger charge is -2.45. The number of quaternary nitrogens is 1. The molecule has 0 spiro atoms. The second-order valence-corrected chi connectivity index (χ2v) is 9.49. The first-order valence-electron chi connectivity index (χ1n) is 11.8. The maximum Gasteiger partial charge on any atom is 0.243 e. The molecule has 5 rings (SSSR count). The Hall–Kier alpha value is -2.91. The number of hydroxylamine groups is 1. The van der Waals surface area contributed by atoms with Gasteiger partial charge in [0, 0.05) is 29.8 Å². The average molecular weight is 463 g/mol. The quantitative estimate of drug-likeness (QED) is 0.436. The zero-order chi connectivity index (χ0) is 23.9. The monoisotopic (exact) mass is 462 g/mol. The first-order chi connectivity index (χ1) is 16.3. The Morgan fingerprint density at radius 3 is 2.59 bits per heavy atom. The molecule has 3 heterocycles. The number of piperidine rings is 1. The third-order valence-corrected chi connectivity index (χ3v) is 6.96. The summed E-state index contributed by atoms with van der Waals surface area (Å²) in [6.07, 6.45) is 1.97. The normalized spacial score (nSPS) is 21.3. The van der Waals surface area contributed by atoms with Crippen LogP contribution in [0.3, 0.4) is 0 Å². The Kier molecular flexibility index (Phi) is 6.07. The number of halogens is 1. The highest BCUT2D eigenvalue weighted by molar-refractivity contribution is 5.75. The molecular weight excluding hydrogens is 431 g/mol. The van der Waals surface area contributed by atoms with E-state index in [9.17, 15) is 9.60 Å². The van der Waals surface area contributed by atoms with Crippen molar-refractivity contribution in [2.75, 3.05) is 32.1 Å². The predicted molar refractivity (Wildman–Crippen MR) is 134 cm³/mol. The predicted octanol–water partition coefficient (Wildman–Crippen LogP) is 4.60. The fourth-order valence-electron chi connectivity index (χ4n) is 5.03. The van der Waals surface area contributed by atoms with Crippen LogP contribution in [0.2, 0.25) is 0 Å². The van der Waals surface area contributed by atoms with Gasteiger partial charge in [0.2, 0.25) is 11.8 Å². The van der Waals surface area contributed by atoms with Crippen molar-refractivity contribution in [1.29, 1.82) is 0 Å². The lowest BCUT2D eigenvalue weighted by molar-refractivity contribution is 0.263. The van der Waals surface area contributed by atoms with Crippen LogP contribution >= 0.6 is 0 Å². The lowest BCUT2D eigenvalue weighted by atomic mass is 9.99. The Bertz CT molecular complexity index is 1210. The first-order valence-corrected chi connectivity index (χ1v) is 11.8. The van der Waals surface area contributed by atoms with Gasteiger partial charge >= 0.3 is 0 Å². The van der Waals surface area contributed by atoms with Gasteiger partial charge in [-0.25, -0.2) is 9.37 Å². The summed E-state index contributed by atoms with van der Waals surface area (Å²) in [5.74, 6) is 0.610. The number of nitrogens with zero attached hydrogens (tertiary/aromatic N) is 4. The third kappa shape index (κ3) is 4.18. The average Bonchev–Trinajstić information content (AvgIpc) is 2.81. The molecule has 1 saturated heterocycles. The van der Waals surface area contributed by atoms with Crippen LogP contribution in [-0.2, 0) is 6.54 Å². The van der Waals surface area contributed by atoms with E-state index < -0.39 is 4.65 Å². The fourth-order valence-corrected chi connectivity index (χ4v) is 5.03. The highest BCUT2D eigenvalue weighted by Gasteiger charge is 2.36. The number of hydrogen-bond acceptors (Lipinski definition) is 6. The Labute approximate surface area is 199 Å². The van der Waals surface area contributed by atoms with E-state index in [0.717, 1.165) is 48.2 Å². The minimum Gasteiger partial charge on any atom is -0.620 e. The number of hydrogen-bond donors (Lipinski definition) is 2. The van der Waals surface area contributed by atoms with Gasteiger partial charge in [-0.05, 0) is 70.6 Å². The molecule has 0 amide bonds. The van der Waals surface area contributed by atoms with Crippen LogP contribution in [0, 0.1) is 24.9 Å². The number of likely N-dealkylation sites (tertiary alicyclic amines) is 1. The molecule has 3 aromatic rings. The topological polar surface area (TPSA) is 76.1 Å². The van der Waals surface area contributed by atoms with E-state index in [1.165, 1.54) is 12.1 Å². The van der Waals surface area contributed by atoms with Gasteiger partial charge in [0.25, 0.3) is 0 Å². The zero-order valence-electron chi connectivity index (χ0n) is 19.9. The molecule has 1 fully saturated rings. The molecule has 0 bridgehead atoms. The first kappa shape index (κ1) is 22.9. The second-order valence-electron chi connectivity index (χ2n) is 9.49. The molecule has 0 aliphatic carbocycles. The maximum atomic E-state index is 14.5. The number of aromatic nitrogens is 2. The van der Waals surface area contributed by atoms with Gasteiger partial charge in [0.05, 0.1) is 11.3 Å². The van der Waals surface area contributed by atoms with Crippen LogP contribution in [0.1, 0.15) is 29.5 Å². The number of rotatable bonds is 4. The molecule has 0 radical (unpaired) electrons. The van der Waals surface area contributed by atoms with E-state index in [-0.39, 0.29) is 18.5 Å². The standard InChI is InChI=1S/C26H31FN6O/c1-17-6-4-5-7-23(17)33(34)16-28-15-22-24(21-9-8-19(27)14-18(21)2)30-26(31-25(22)33)29-20-10-12-32(3)13-11-20/h4-9,14,20,28H,10-13,15-16H2,1-3H3,(H,29,30,31). The summed E-state index contributed by atoms with van der Waals surface area (Å²) in [6.45, 7) is 6.48. The molecule has 0 saturated carbocycles. The molecule has 2 N–H and O–H groups in total. The van der Waals surface area contributed by atoms with Crippen molar-refractivity contribution in [2.24, 2.45) is 0 Å². The minimum atomic E-state index is -0.708. The van der Waals surface area contributed by atoms with Crippen LogP contribution < -0.4 is 15.3 Å². The van der Waals surface area contributed by atoms with Crippen LogP contribution in [0.15, 0.2) is 42.5 Å². The van der Waals surface area contributed by atoms with Crippen LogP contribution in [0.25, 0.3) is 11.3 Å². The van der Waals surface area contributed by atoms with Crippen molar-refractivity contribution in [2.45, 2.75) is 39.3 Å². The van der Waals surface area contributed by atoms with E-state index in [4.69, 9.17) is 9.97 Å². The molecule has 8 heteroatoms. The summed E-state index contributed by atoms with van der Waals surface area (Å²) in [5, 5.41) is 21.3. The number of nitrogens with one attached hydrogen (secondary N) is 2. The van der Waals surface area contributed by atoms with Crippen molar-refractivity contribution in [3.63, 3.8) is 0 Å². The van der Waals surface area contributed by atoms with Crippen molar-refractivity contribution in [3.05, 3.63) is 70.2 Å². The summed E-state index contributed by atoms with van der Waals surface area (Å²) < 4.78 is 13.2. The van der Waals surface area contributed by atoms with Gasteiger partial charge in [-0.3, -0.25) is 9.96 Å². The van der Waals surface area contributed by atoms with Crippen molar-refractivity contribution in [1.82, 2.24) is 24.8 Å². The van der Waals surface area contributed by atoms with E-state index in [1.54, 1.807) is 6.07 Å². The van der Waals surface area contributed by atoms with E-state index in [2.05, 4.69) is 22.6 Å². The SMILES string of the molecule is Cc1cc(F)ccc1-c1nc(NC2CCN(C)CC2)nc2c1CNC[N+]2([O-])c1ccccc1C. The Morgan fingerprint density at radius 2 is 1.85 bits per heavy atom. The summed E-state index contributed by atoms with van der Waals surface area (Å²) >= 11 is 0. The van der Waals surface area contributed by atoms with Gasteiger partial charge in [-0.2, -0.15) is 4.98 Å². The van der Waals surface area contributed by atoms with Crippen molar-refractivity contribution >= 4 is 17.5 Å². The number of aryl methyl sites for hydroxylation is 2. The van der Waals surface area contributed by atoms with Gasteiger partial charge in [0.15, 0.2) is 0 Å². The number of para-hydroxylation sites is 1. The van der Waals surface area contributed by atoms with Crippen molar-refractivity contribution in [3.8, 4) is 11.3 Å².